The van der Waals surface area contributed by atoms with Crippen LogP contribution >= 0.6 is 34.9 Å². The standard InChI is InChI=1S/C21H21N7O7S3/c1-2-35-26-13(11-9-37-20(22)24-11)16(31)25-14-17(32)28-15(19(33)34)10(7-36-18(14)28)8-38-21-23-4-3-5-27(21)6-12(29)30/h3-5,9,14,18H,2,6-8H2,1H3,(H4-,22,24,25,29,30,31,33,34)/b26-13-/t14-,18-/m1/s1. The number of carboxylic acids is 2. The maximum atomic E-state index is 13.0. The van der Waals surface area contributed by atoms with Gasteiger partial charge in [-0.3, -0.25) is 14.5 Å². The summed E-state index contributed by atoms with van der Waals surface area (Å²) in [5.41, 5.74) is 5.82. The highest BCUT2D eigenvalue weighted by molar-refractivity contribution is 8.01. The predicted octanol–water partition coefficient (Wildman–Crippen LogP) is -1.57. The highest BCUT2D eigenvalue weighted by atomic mass is 32.2. The van der Waals surface area contributed by atoms with E-state index in [0.29, 0.717) is 10.7 Å². The average Bonchev–Trinajstić information content (AvgIpc) is 3.31. The van der Waals surface area contributed by atoms with Gasteiger partial charge in [-0.2, -0.15) is 0 Å². The summed E-state index contributed by atoms with van der Waals surface area (Å²) in [5.74, 6) is -3.55. The van der Waals surface area contributed by atoms with Crippen molar-refractivity contribution in [3.63, 3.8) is 0 Å². The second-order valence-electron chi connectivity index (χ2n) is 7.74. The van der Waals surface area contributed by atoms with Gasteiger partial charge in [-0.05, 0) is 29.2 Å². The number of nitrogens with zero attached hydrogens (tertiary/aromatic N) is 5. The third-order valence-electron chi connectivity index (χ3n) is 5.26. The number of β-lactam (4-membered cyclic amide) rings is 1. The molecule has 0 aromatic carbocycles. The Hall–Kier alpha value is -3.70. The Kier molecular flexibility index (Phi) is 8.48. The molecule has 2 aliphatic heterocycles. The van der Waals surface area contributed by atoms with Crippen LogP contribution in [0.15, 0.2) is 45.4 Å². The minimum Gasteiger partial charge on any atom is -0.543 e. The van der Waals surface area contributed by atoms with E-state index >= 15 is 0 Å². The van der Waals surface area contributed by atoms with Gasteiger partial charge in [0.1, 0.15) is 29.9 Å². The van der Waals surface area contributed by atoms with Gasteiger partial charge in [-0.1, -0.05) is 5.16 Å². The van der Waals surface area contributed by atoms with Crippen LogP contribution in [0.2, 0.25) is 0 Å². The summed E-state index contributed by atoms with van der Waals surface area (Å²) in [6, 6.07) is 0.577. The molecule has 0 aliphatic carbocycles. The number of carbonyl (C=O) groups excluding carboxylic acids is 3. The largest absolute Gasteiger partial charge is 0.543 e. The molecule has 2 aromatic heterocycles. The van der Waals surface area contributed by atoms with Gasteiger partial charge < -0.3 is 30.9 Å². The lowest BCUT2D eigenvalue weighted by Gasteiger charge is -2.50. The van der Waals surface area contributed by atoms with Crippen molar-refractivity contribution in [2.24, 2.45) is 5.16 Å². The minimum atomic E-state index is -1.53. The molecule has 0 saturated carbocycles. The molecule has 200 valence electrons. The van der Waals surface area contributed by atoms with Gasteiger partial charge in [0.05, 0.1) is 17.9 Å². The first kappa shape index (κ1) is 27.3. The summed E-state index contributed by atoms with van der Waals surface area (Å²) in [6.45, 7) is 1.57. The topological polar surface area (TPSA) is 204 Å². The van der Waals surface area contributed by atoms with E-state index < -0.39 is 35.2 Å². The van der Waals surface area contributed by atoms with Crippen LogP contribution in [0.3, 0.4) is 0 Å². The van der Waals surface area contributed by atoms with Crippen LogP contribution in [0, 0.1) is 0 Å². The molecular formula is C21H21N7O7S3. The molecule has 4 N–H and O–H groups in total. The van der Waals surface area contributed by atoms with Crippen molar-refractivity contribution in [1.29, 1.82) is 0 Å². The van der Waals surface area contributed by atoms with Crippen LogP contribution < -0.4 is 20.7 Å². The van der Waals surface area contributed by atoms with Crippen LogP contribution in [0.1, 0.15) is 12.6 Å². The van der Waals surface area contributed by atoms with Crippen LogP contribution in [0.25, 0.3) is 0 Å². The Morgan fingerprint density at radius 1 is 1.45 bits per heavy atom. The summed E-state index contributed by atoms with van der Waals surface area (Å²) in [5, 5.41) is 29.0. The van der Waals surface area contributed by atoms with Crippen LogP contribution in [-0.4, -0.2) is 79.0 Å². The van der Waals surface area contributed by atoms with Gasteiger partial charge in [0, 0.05) is 23.0 Å². The quantitative estimate of drug-likeness (QED) is 0.0690. The fourth-order valence-corrected chi connectivity index (χ4v) is 6.64. The molecule has 38 heavy (non-hydrogen) atoms. The Bertz CT molecular complexity index is 1350. The number of anilines is 1. The SMILES string of the molecule is CCO/N=C(\C(=O)N[C@@H]1C(=O)N2C(C(=O)[O-])=C(CSc3nccc[n+]3CC(=O)O)CS[C@H]12)c1csc(N)n1. The van der Waals surface area contributed by atoms with Crippen molar-refractivity contribution in [2.45, 2.75) is 30.0 Å². The van der Waals surface area contributed by atoms with E-state index in [4.69, 9.17) is 15.7 Å². The monoisotopic (exact) mass is 579 g/mol. The number of fused-ring (bicyclic) bond motifs is 1. The smallest absolute Gasteiger partial charge is 0.359 e. The maximum Gasteiger partial charge on any atom is 0.359 e. The zero-order valence-electron chi connectivity index (χ0n) is 19.7. The zero-order chi connectivity index (χ0) is 27.4. The molecule has 1 fully saturated rings. The number of thioether (sulfide) groups is 2. The number of aliphatic carboxylic acids is 2. The van der Waals surface area contributed by atoms with Gasteiger partial charge in [0.25, 0.3) is 11.8 Å². The van der Waals surface area contributed by atoms with Gasteiger partial charge in [-0.15, -0.1) is 23.1 Å². The Morgan fingerprint density at radius 3 is 2.89 bits per heavy atom. The second kappa shape index (κ2) is 11.8. The number of nitrogen functional groups attached to an aromatic ring is 1. The molecule has 2 amide bonds. The lowest BCUT2D eigenvalue weighted by Crippen LogP contribution is -2.71. The van der Waals surface area contributed by atoms with Crippen LogP contribution in [-0.2, 0) is 30.6 Å². The molecule has 0 unspecified atom stereocenters. The van der Waals surface area contributed by atoms with Crippen LogP contribution in [0.4, 0.5) is 5.13 Å². The Morgan fingerprint density at radius 2 is 2.24 bits per heavy atom. The van der Waals surface area contributed by atoms with Gasteiger partial charge in [-0.25, -0.2) is 14.3 Å². The summed E-state index contributed by atoms with van der Waals surface area (Å²) in [6.07, 6.45) is 3.05. The van der Waals surface area contributed by atoms with Crippen molar-refractivity contribution >= 4 is 69.5 Å². The van der Waals surface area contributed by atoms with E-state index in [1.807, 2.05) is 0 Å². The molecule has 2 atom stereocenters. The molecule has 1 saturated heterocycles. The van der Waals surface area contributed by atoms with E-state index in [0.717, 1.165) is 28.0 Å². The molecule has 0 spiro atoms. The fraction of sp³-hybridized carbons (Fsp3) is 0.333. The highest BCUT2D eigenvalue weighted by Gasteiger charge is 2.53. The molecule has 0 bridgehead atoms. The highest BCUT2D eigenvalue weighted by Crippen LogP contribution is 2.41. The Labute approximate surface area is 227 Å². The van der Waals surface area contributed by atoms with E-state index in [1.165, 1.54) is 27.9 Å². The number of carboxylic acid groups (broad SMARTS) is 2. The number of hydrogen-bond donors (Lipinski definition) is 3. The number of nitrogens with two attached hydrogens (primary N) is 1. The van der Waals surface area contributed by atoms with Crippen molar-refractivity contribution in [2.75, 3.05) is 23.8 Å². The summed E-state index contributed by atoms with van der Waals surface area (Å²) >= 11 is 3.53. The normalized spacial score (nSPS) is 19.0. The lowest BCUT2D eigenvalue weighted by atomic mass is 10.0. The summed E-state index contributed by atoms with van der Waals surface area (Å²) in [4.78, 5) is 63.4. The summed E-state index contributed by atoms with van der Waals surface area (Å²) in [7, 11) is 0. The molecule has 0 radical (unpaired) electrons. The molecule has 14 nitrogen and oxygen atoms in total. The first-order chi connectivity index (χ1) is 18.2. The van der Waals surface area contributed by atoms with Gasteiger partial charge in [0.15, 0.2) is 17.4 Å². The number of amides is 2. The zero-order valence-corrected chi connectivity index (χ0v) is 22.2. The van der Waals surface area contributed by atoms with Crippen molar-refractivity contribution in [3.05, 3.63) is 40.8 Å². The Balaban J connectivity index is 1.49. The van der Waals surface area contributed by atoms with E-state index in [-0.39, 0.29) is 46.9 Å². The van der Waals surface area contributed by atoms with E-state index in [9.17, 15) is 24.3 Å². The average molecular weight is 580 g/mol. The molecule has 4 heterocycles. The van der Waals surface area contributed by atoms with Crippen molar-refractivity contribution < 1.29 is 38.8 Å². The van der Waals surface area contributed by atoms with Gasteiger partial charge in [0.2, 0.25) is 0 Å². The molecule has 4 rings (SSSR count). The third kappa shape index (κ3) is 5.73. The molecular weight excluding hydrogens is 558 g/mol. The van der Waals surface area contributed by atoms with Crippen molar-refractivity contribution in [1.82, 2.24) is 20.2 Å². The minimum absolute atomic E-state index is 0.136. The van der Waals surface area contributed by atoms with Gasteiger partial charge >= 0.3 is 11.1 Å². The third-order valence-corrected chi connectivity index (χ3v) is 8.36. The molecule has 2 aliphatic rings. The number of thiazole rings is 1. The van der Waals surface area contributed by atoms with Crippen LogP contribution in [0.5, 0.6) is 0 Å². The molecule has 2 aromatic rings. The first-order valence-corrected chi connectivity index (χ1v) is 13.9. The number of hydrogen-bond acceptors (Lipinski definition) is 13. The first-order valence-electron chi connectivity index (χ1n) is 11.0. The second-order valence-corrected chi connectivity index (χ2v) is 10.7. The van der Waals surface area contributed by atoms with E-state index in [1.54, 1.807) is 19.2 Å². The van der Waals surface area contributed by atoms with E-state index in [2.05, 4.69) is 20.4 Å². The number of nitrogens with one attached hydrogen (secondary N) is 1. The maximum absolute atomic E-state index is 13.0. The summed E-state index contributed by atoms with van der Waals surface area (Å²) < 4.78 is 1.42. The number of oxime groups is 1. The number of rotatable bonds is 11. The number of carbonyl (C=O) groups is 4. The lowest BCUT2D eigenvalue weighted by molar-refractivity contribution is -0.726. The fourth-order valence-electron chi connectivity index (χ4n) is 3.65. The predicted molar refractivity (Wildman–Crippen MR) is 135 cm³/mol. The molecule has 17 heteroatoms. The van der Waals surface area contributed by atoms with Crippen molar-refractivity contribution in [3.8, 4) is 0 Å². The number of aromatic nitrogens is 3.